The molecule has 8 nitrogen and oxygen atoms in total. The number of allylic oxidation sites excluding steroid dienone is 10. The standard InChI is InChI=1S/C28H33N5O3Si/c1-37(2,3)16-15-36-20-32-19-24(18-29)30-27(32)28(34)31-26-10-9-23(21-11-13-33(35)14-12-21)17-25(26)22-7-5-4-6-8-22/h7,9-14,17,19,35H,4-6,8,15-16,20H2,1-3H3. The van der Waals surface area contributed by atoms with Gasteiger partial charge in [0.25, 0.3) is 0 Å². The summed E-state index contributed by atoms with van der Waals surface area (Å²) in [5.74, 6) is -0.422. The number of carbonyl (C=O) groups excluding carboxylic acids is 1. The Labute approximate surface area is 218 Å². The van der Waals surface area contributed by atoms with Crippen LogP contribution in [0.3, 0.4) is 0 Å². The maximum Gasteiger partial charge on any atom is 0.313 e. The van der Waals surface area contributed by atoms with Gasteiger partial charge in [0, 0.05) is 38.9 Å². The molecule has 0 saturated heterocycles. The number of amides is 1. The minimum absolute atomic E-state index is 0.0905. The van der Waals surface area contributed by atoms with Crippen LogP contribution in [0.1, 0.15) is 42.0 Å². The first kappa shape index (κ1) is 26.5. The van der Waals surface area contributed by atoms with Gasteiger partial charge in [-0.1, -0.05) is 31.8 Å². The molecule has 2 aliphatic carbocycles. The van der Waals surface area contributed by atoms with Crippen LogP contribution in [0.15, 0.2) is 82.3 Å². The lowest BCUT2D eigenvalue weighted by atomic mass is 9.86. The van der Waals surface area contributed by atoms with Crippen LogP contribution in [0.2, 0.25) is 25.7 Å². The number of imidazole rings is 1. The van der Waals surface area contributed by atoms with Gasteiger partial charge in [-0.2, -0.15) is 5.26 Å². The van der Waals surface area contributed by atoms with E-state index in [-0.39, 0.29) is 18.2 Å². The molecule has 1 N–H and O–H groups in total. The van der Waals surface area contributed by atoms with Gasteiger partial charge < -0.3 is 9.30 Å². The predicted octanol–water partition coefficient (Wildman–Crippen LogP) is 5.67. The zero-order valence-corrected chi connectivity index (χ0v) is 22.6. The maximum absolute atomic E-state index is 13.3. The molecule has 0 bridgehead atoms. The number of nitriles is 1. The second kappa shape index (κ2) is 11.6. The molecule has 1 amide bonds. The highest BCUT2D eigenvalue weighted by molar-refractivity contribution is 6.76. The summed E-state index contributed by atoms with van der Waals surface area (Å²) in [7, 11) is -1.25. The van der Waals surface area contributed by atoms with Gasteiger partial charge in [0.2, 0.25) is 5.82 Å². The van der Waals surface area contributed by atoms with Crippen LogP contribution in [0.5, 0.6) is 0 Å². The van der Waals surface area contributed by atoms with Crippen molar-refractivity contribution in [1.29, 1.82) is 5.26 Å². The molecular formula is C28H33N5O3Si. The van der Waals surface area contributed by atoms with Crippen LogP contribution in [-0.4, -0.2) is 46.1 Å². The van der Waals surface area contributed by atoms with Crippen LogP contribution in [0.4, 0.5) is 0 Å². The average molecular weight is 516 g/mol. The average Bonchev–Trinajstić information content (AvgIpc) is 3.31. The topological polar surface area (TPSA) is 104 Å². The molecular weight excluding hydrogens is 482 g/mol. The zero-order valence-electron chi connectivity index (χ0n) is 21.6. The first-order valence-electron chi connectivity index (χ1n) is 12.6. The molecule has 1 aliphatic heterocycles. The van der Waals surface area contributed by atoms with Gasteiger partial charge in [-0.25, -0.2) is 15.0 Å². The first-order valence-corrected chi connectivity index (χ1v) is 16.3. The molecule has 0 radical (unpaired) electrons. The Morgan fingerprint density at radius 3 is 2.65 bits per heavy atom. The molecule has 37 heavy (non-hydrogen) atoms. The Morgan fingerprint density at radius 2 is 1.97 bits per heavy atom. The number of carbonyl (C=O) groups is 1. The molecule has 2 heterocycles. The van der Waals surface area contributed by atoms with E-state index in [0.29, 0.717) is 12.3 Å². The van der Waals surface area contributed by atoms with Crippen LogP contribution in [0.25, 0.3) is 0 Å². The molecule has 1 aromatic heterocycles. The summed E-state index contributed by atoms with van der Waals surface area (Å²) in [6, 6.07) is 3.02. The number of nitrogens with zero attached hydrogens (tertiary/aromatic N) is 5. The van der Waals surface area contributed by atoms with Gasteiger partial charge >= 0.3 is 5.91 Å². The van der Waals surface area contributed by atoms with E-state index in [1.54, 1.807) is 17.0 Å². The van der Waals surface area contributed by atoms with Crippen LogP contribution in [-0.2, 0) is 11.5 Å². The summed E-state index contributed by atoms with van der Waals surface area (Å²) in [5, 5.41) is 19.9. The van der Waals surface area contributed by atoms with Crippen molar-refractivity contribution in [2.75, 3.05) is 6.61 Å². The van der Waals surface area contributed by atoms with Crippen molar-refractivity contribution < 1.29 is 14.7 Å². The number of ether oxygens (including phenoxy) is 1. The van der Waals surface area contributed by atoms with Crippen molar-refractivity contribution in [3.05, 3.63) is 88.9 Å². The van der Waals surface area contributed by atoms with Gasteiger partial charge in [0.05, 0.1) is 5.71 Å². The van der Waals surface area contributed by atoms with Crippen molar-refractivity contribution in [3.8, 4) is 6.07 Å². The highest BCUT2D eigenvalue weighted by atomic mass is 28.3. The lowest BCUT2D eigenvalue weighted by Crippen LogP contribution is -2.22. The SMILES string of the molecule is C[Si](C)(C)CCOCn1cc(C#N)nc1C(=O)N=C1C=CC(=C2C=CN(O)C=C2)C=C1C1=CCCCC1. The minimum Gasteiger partial charge on any atom is -0.361 e. The van der Waals surface area contributed by atoms with Gasteiger partial charge in [-0.05, 0) is 72.8 Å². The number of aromatic nitrogens is 2. The number of aliphatic imine (C=N–C) groups is 1. The second-order valence-electron chi connectivity index (χ2n) is 10.5. The molecule has 0 saturated carbocycles. The van der Waals surface area contributed by atoms with Gasteiger partial charge in [0.15, 0.2) is 5.69 Å². The molecule has 9 heteroatoms. The third-order valence-corrected chi connectivity index (χ3v) is 8.02. The quantitative estimate of drug-likeness (QED) is 0.370. The molecule has 0 atom stereocenters. The smallest absolute Gasteiger partial charge is 0.313 e. The molecule has 3 aliphatic rings. The fourth-order valence-electron chi connectivity index (χ4n) is 4.20. The molecule has 0 fully saturated rings. The Balaban J connectivity index is 1.62. The van der Waals surface area contributed by atoms with Gasteiger partial charge in [-0.15, -0.1) is 0 Å². The summed E-state index contributed by atoms with van der Waals surface area (Å²) in [5.41, 5.74) is 4.73. The third-order valence-electron chi connectivity index (χ3n) is 6.31. The van der Waals surface area contributed by atoms with Crippen molar-refractivity contribution >= 4 is 19.7 Å². The summed E-state index contributed by atoms with van der Waals surface area (Å²) in [6.45, 7) is 7.57. The van der Waals surface area contributed by atoms with E-state index in [4.69, 9.17) is 4.74 Å². The minimum atomic E-state index is -1.25. The van der Waals surface area contributed by atoms with Crippen LogP contribution < -0.4 is 0 Å². The summed E-state index contributed by atoms with van der Waals surface area (Å²) >= 11 is 0. The van der Waals surface area contributed by atoms with E-state index in [9.17, 15) is 15.3 Å². The molecule has 4 rings (SSSR count). The maximum atomic E-state index is 13.3. The van der Waals surface area contributed by atoms with Crippen LogP contribution in [0, 0.1) is 11.3 Å². The number of hydroxylamine groups is 2. The monoisotopic (exact) mass is 515 g/mol. The summed E-state index contributed by atoms with van der Waals surface area (Å²) in [4.78, 5) is 22.0. The van der Waals surface area contributed by atoms with Gasteiger partial charge in [0.1, 0.15) is 12.8 Å². The number of rotatable bonds is 7. The van der Waals surface area contributed by atoms with E-state index >= 15 is 0 Å². The molecule has 1 aromatic rings. The third kappa shape index (κ3) is 7.01. The number of hydrogen-bond donors (Lipinski definition) is 1. The number of hydrogen-bond acceptors (Lipinski definition) is 6. The van der Waals surface area contributed by atoms with Crippen molar-refractivity contribution in [1.82, 2.24) is 14.6 Å². The summed E-state index contributed by atoms with van der Waals surface area (Å²) in [6.07, 6.45) is 20.5. The zero-order chi connectivity index (χ0) is 26.4. The van der Waals surface area contributed by atoms with Crippen molar-refractivity contribution in [2.45, 2.75) is 58.1 Å². The van der Waals surface area contributed by atoms with E-state index in [1.807, 2.05) is 36.4 Å². The molecule has 0 aromatic carbocycles. The Morgan fingerprint density at radius 1 is 1.19 bits per heavy atom. The lowest BCUT2D eigenvalue weighted by Gasteiger charge is -2.20. The first-order chi connectivity index (χ1) is 17.7. The normalized spacial score (nSPS) is 18.8. The van der Waals surface area contributed by atoms with E-state index in [2.05, 4.69) is 35.7 Å². The van der Waals surface area contributed by atoms with Crippen molar-refractivity contribution in [2.24, 2.45) is 4.99 Å². The Bertz CT molecular complexity index is 1300. The van der Waals surface area contributed by atoms with E-state index in [0.717, 1.165) is 53.5 Å². The Kier molecular flexibility index (Phi) is 8.33. The van der Waals surface area contributed by atoms with Crippen LogP contribution >= 0.6 is 0 Å². The fourth-order valence-corrected chi connectivity index (χ4v) is 4.96. The predicted molar refractivity (Wildman–Crippen MR) is 146 cm³/mol. The van der Waals surface area contributed by atoms with Gasteiger partial charge in [-0.3, -0.25) is 10.0 Å². The highest BCUT2D eigenvalue weighted by Crippen LogP contribution is 2.30. The second-order valence-corrected chi connectivity index (χ2v) is 16.1. The summed E-state index contributed by atoms with van der Waals surface area (Å²) < 4.78 is 7.38. The molecule has 0 unspecified atom stereocenters. The lowest BCUT2D eigenvalue weighted by molar-refractivity contribution is 0.0105. The Hall–Kier alpha value is -3.58. The highest BCUT2D eigenvalue weighted by Gasteiger charge is 2.22. The van der Waals surface area contributed by atoms with E-state index < -0.39 is 14.0 Å². The van der Waals surface area contributed by atoms with E-state index in [1.165, 1.54) is 11.8 Å². The molecule has 192 valence electrons. The largest absolute Gasteiger partial charge is 0.361 e. The molecule has 0 spiro atoms. The van der Waals surface area contributed by atoms with Crippen molar-refractivity contribution in [3.63, 3.8) is 0 Å². The fraction of sp³-hybridized carbons (Fsp3) is 0.357.